The zero-order valence-corrected chi connectivity index (χ0v) is 21.3. The molecule has 0 saturated heterocycles. The quantitative estimate of drug-likeness (QED) is 0.297. The zero-order chi connectivity index (χ0) is 24.1. The third-order valence-corrected chi connectivity index (χ3v) is 12.7. The zero-order valence-electron chi connectivity index (χ0n) is 19.4. The standard InChI is InChI=1S/C28H28NO3PS/c1-20-19-34-26(28(31)32-3)25(20)29-27(30)21(2)33(22-13-7-4-8-14-22,23-15-9-5-10-16-23)24-17-11-6-12-18-24/h4-19,21,33H,1-3H3,(H,29,30). The molecule has 0 spiro atoms. The summed E-state index contributed by atoms with van der Waals surface area (Å²) in [6.45, 7) is 3.90. The molecule has 4 rings (SSSR count). The Morgan fingerprint density at radius 3 is 1.68 bits per heavy atom. The monoisotopic (exact) mass is 489 g/mol. The molecule has 1 amide bonds. The number of rotatable bonds is 7. The summed E-state index contributed by atoms with van der Waals surface area (Å²) in [7, 11) is -1.47. The number of carbonyl (C=O) groups is 2. The summed E-state index contributed by atoms with van der Waals surface area (Å²) in [6.07, 6.45) is 0. The van der Waals surface area contributed by atoms with Crippen molar-refractivity contribution in [3.05, 3.63) is 107 Å². The molecular weight excluding hydrogens is 461 g/mol. The van der Waals surface area contributed by atoms with Crippen LogP contribution in [-0.4, -0.2) is 24.6 Å². The molecule has 0 aliphatic rings. The molecule has 1 heterocycles. The van der Waals surface area contributed by atoms with Crippen LogP contribution in [0.5, 0.6) is 0 Å². The molecule has 0 bridgehead atoms. The van der Waals surface area contributed by atoms with Gasteiger partial charge in [-0.2, -0.15) is 0 Å². The van der Waals surface area contributed by atoms with Crippen molar-refractivity contribution in [2.24, 2.45) is 0 Å². The number of ether oxygens (including phenoxy) is 1. The molecule has 1 atom stereocenters. The van der Waals surface area contributed by atoms with E-state index in [9.17, 15) is 9.59 Å². The predicted molar refractivity (Wildman–Crippen MR) is 145 cm³/mol. The minimum atomic E-state index is -2.82. The van der Waals surface area contributed by atoms with Crippen molar-refractivity contribution in [2.75, 3.05) is 12.4 Å². The summed E-state index contributed by atoms with van der Waals surface area (Å²) in [6, 6.07) is 31.0. The van der Waals surface area contributed by atoms with Crippen molar-refractivity contribution >= 4 is 52.1 Å². The number of benzene rings is 3. The molecule has 0 aliphatic carbocycles. The van der Waals surface area contributed by atoms with Crippen LogP contribution in [0.15, 0.2) is 96.4 Å². The van der Waals surface area contributed by atoms with Gasteiger partial charge >= 0.3 is 205 Å². The van der Waals surface area contributed by atoms with E-state index in [1.807, 2.05) is 73.8 Å². The summed E-state index contributed by atoms with van der Waals surface area (Å²) < 4.78 is 4.94. The molecule has 0 aliphatic heterocycles. The van der Waals surface area contributed by atoms with Crippen LogP contribution < -0.4 is 21.2 Å². The number of hydrogen-bond donors (Lipinski definition) is 1. The number of thiophene rings is 1. The van der Waals surface area contributed by atoms with Crippen LogP contribution in [0.25, 0.3) is 0 Å². The van der Waals surface area contributed by atoms with Gasteiger partial charge in [-0.3, -0.25) is 0 Å². The molecule has 0 fully saturated rings. The van der Waals surface area contributed by atoms with E-state index in [1.54, 1.807) is 0 Å². The number of aryl methyl sites for hydroxylation is 1. The first-order chi connectivity index (χ1) is 16.5. The van der Waals surface area contributed by atoms with E-state index in [1.165, 1.54) is 18.4 Å². The van der Waals surface area contributed by atoms with Crippen molar-refractivity contribution < 1.29 is 14.3 Å². The van der Waals surface area contributed by atoms with Crippen molar-refractivity contribution in [2.45, 2.75) is 19.5 Å². The fourth-order valence-electron chi connectivity index (χ4n) is 4.62. The van der Waals surface area contributed by atoms with Crippen LogP contribution in [0.3, 0.4) is 0 Å². The predicted octanol–water partition coefficient (Wildman–Crippen LogP) is 4.90. The van der Waals surface area contributed by atoms with Gasteiger partial charge < -0.3 is 0 Å². The fraction of sp³-hybridized carbons (Fsp3) is 0.143. The van der Waals surface area contributed by atoms with Gasteiger partial charge in [0.05, 0.1) is 0 Å². The van der Waals surface area contributed by atoms with Crippen LogP contribution in [0.2, 0.25) is 0 Å². The molecule has 1 unspecified atom stereocenters. The van der Waals surface area contributed by atoms with Crippen molar-refractivity contribution in [1.82, 2.24) is 0 Å². The first kappa shape index (κ1) is 23.9. The summed E-state index contributed by atoms with van der Waals surface area (Å²) >= 11 is 1.28. The number of amides is 1. The Labute approximate surface area is 205 Å². The normalized spacial score (nSPS) is 12.6. The van der Waals surface area contributed by atoms with Gasteiger partial charge in [0.15, 0.2) is 0 Å². The van der Waals surface area contributed by atoms with E-state index in [-0.39, 0.29) is 11.6 Å². The van der Waals surface area contributed by atoms with Gasteiger partial charge in [-0.1, -0.05) is 0 Å². The minimum absolute atomic E-state index is 0.116. The summed E-state index contributed by atoms with van der Waals surface area (Å²) in [5, 5.41) is 8.43. The van der Waals surface area contributed by atoms with Crippen molar-refractivity contribution in [1.29, 1.82) is 0 Å². The van der Waals surface area contributed by atoms with Gasteiger partial charge in [-0.15, -0.1) is 0 Å². The Morgan fingerprint density at radius 1 is 0.824 bits per heavy atom. The number of hydrogen-bond acceptors (Lipinski definition) is 4. The van der Waals surface area contributed by atoms with E-state index >= 15 is 0 Å². The Morgan fingerprint density at radius 2 is 1.26 bits per heavy atom. The number of esters is 1. The average Bonchev–Trinajstić information content (AvgIpc) is 3.25. The Bertz CT molecular complexity index is 1180. The van der Waals surface area contributed by atoms with Crippen molar-refractivity contribution in [3.8, 4) is 0 Å². The number of methoxy groups -OCH3 is 1. The molecule has 4 nitrogen and oxygen atoms in total. The maximum atomic E-state index is 14.0. The molecule has 1 N–H and O–H groups in total. The average molecular weight is 490 g/mol. The first-order valence-corrected chi connectivity index (χ1v) is 14.1. The Hall–Kier alpha value is -3.27. The molecule has 0 radical (unpaired) electrons. The van der Waals surface area contributed by atoms with E-state index < -0.39 is 13.2 Å². The number of anilines is 1. The van der Waals surface area contributed by atoms with Gasteiger partial charge in [0, 0.05) is 0 Å². The molecule has 3 aromatic carbocycles. The van der Waals surface area contributed by atoms with Crippen LogP contribution in [0, 0.1) is 6.92 Å². The molecule has 1 aromatic heterocycles. The number of nitrogens with one attached hydrogen (secondary N) is 1. The second-order valence-corrected chi connectivity index (χ2v) is 13.3. The van der Waals surface area contributed by atoms with E-state index in [4.69, 9.17) is 4.74 Å². The Balaban J connectivity index is 1.89. The Kier molecular flexibility index (Phi) is 7.26. The number of carbonyl (C=O) groups excluding carboxylic acids is 2. The van der Waals surface area contributed by atoms with Crippen LogP contribution >= 0.6 is 18.6 Å². The van der Waals surface area contributed by atoms with Gasteiger partial charge in [0.2, 0.25) is 0 Å². The van der Waals surface area contributed by atoms with E-state index in [0.29, 0.717) is 10.6 Å². The second-order valence-electron chi connectivity index (χ2n) is 8.23. The topological polar surface area (TPSA) is 55.4 Å². The van der Waals surface area contributed by atoms with E-state index in [2.05, 4.69) is 41.7 Å². The fourth-order valence-corrected chi connectivity index (χ4v) is 10.7. The van der Waals surface area contributed by atoms with Crippen LogP contribution in [0.1, 0.15) is 22.2 Å². The van der Waals surface area contributed by atoms with Crippen LogP contribution in [-0.2, 0) is 9.53 Å². The van der Waals surface area contributed by atoms with Gasteiger partial charge in [-0.25, -0.2) is 0 Å². The van der Waals surface area contributed by atoms with Gasteiger partial charge in [0.25, 0.3) is 0 Å². The molecule has 0 saturated carbocycles. The molecule has 174 valence electrons. The van der Waals surface area contributed by atoms with Gasteiger partial charge in [-0.05, 0) is 0 Å². The third-order valence-electron chi connectivity index (χ3n) is 6.32. The maximum absolute atomic E-state index is 14.0. The molecule has 4 aromatic rings. The molecular formula is C28H28NO3PS. The van der Waals surface area contributed by atoms with Gasteiger partial charge in [0.1, 0.15) is 0 Å². The molecule has 6 heteroatoms. The first-order valence-electron chi connectivity index (χ1n) is 11.1. The SMILES string of the molecule is COC(=O)c1scc(C)c1NC(=O)C(C)[PH](c1ccccc1)(c1ccccc1)c1ccccc1. The summed E-state index contributed by atoms with van der Waals surface area (Å²) in [5.41, 5.74) is 1.01. The van der Waals surface area contributed by atoms with Crippen molar-refractivity contribution in [3.63, 3.8) is 0 Å². The van der Waals surface area contributed by atoms with E-state index in [0.717, 1.165) is 21.5 Å². The summed E-state index contributed by atoms with van der Waals surface area (Å²) in [5.74, 6) is -0.561. The molecule has 34 heavy (non-hydrogen) atoms. The second kappa shape index (κ2) is 10.3. The van der Waals surface area contributed by atoms with Crippen LogP contribution in [0.4, 0.5) is 5.69 Å². The summed E-state index contributed by atoms with van der Waals surface area (Å²) in [4.78, 5) is 26.7. The third kappa shape index (κ3) is 4.29.